The predicted molar refractivity (Wildman–Crippen MR) is 86.3 cm³/mol. The van der Waals surface area contributed by atoms with E-state index in [1.165, 1.54) is 25.7 Å². The number of nitrogens with zero attached hydrogens (tertiary/aromatic N) is 5. The van der Waals surface area contributed by atoms with Gasteiger partial charge in [0, 0.05) is 19.6 Å². The molecule has 2 aromatic heterocycles. The van der Waals surface area contributed by atoms with Gasteiger partial charge < -0.3 is 15.2 Å². The summed E-state index contributed by atoms with van der Waals surface area (Å²) in [5.41, 5.74) is 7.99. The molecule has 6 heteroatoms. The van der Waals surface area contributed by atoms with Gasteiger partial charge in [-0.2, -0.15) is 0 Å². The van der Waals surface area contributed by atoms with E-state index in [0.29, 0.717) is 17.3 Å². The average Bonchev–Trinajstić information content (AvgIpc) is 3.04. The van der Waals surface area contributed by atoms with Crippen molar-refractivity contribution in [2.45, 2.75) is 39.2 Å². The Morgan fingerprint density at radius 2 is 2.14 bits per heavy atom. The van der Waals surface area contributed by atoms with Crippen molar-refractivity contribution < 1.29 is 0 Å². The first-order chi connectivity index (χ1) is 10.5. The lowest BCUT2D eigenvalue weighted by molar-refractivity contribution is 0.0463. The van der Waals surface area contributed by atoms with E-state index in [1.54, 1.807) is 0 Å². The van der Waals surface area contributed by atoms with Gasteiger partial charge in [0.25, 0.3) is 0 Å². The van der Waals surface area contributed by atoms with Crippen LogP contribution in [0.1, 0.15) is 39.2 Å². The summed E-state index contributed by atoms with van der Waals surface area (Å²) in [4.78, 5) is 15.4. The van der Waals surface area contributed by atoms with Crippen molar-refractivity contribution in [2.75, 3.05) is 25.4 Å². The maximum atomic E-state index is 5.88. The molecule has 1 aliphatic heterocycles. The smallest absolute Gasteiger partial charge is 0.165 e. The second-order valence-corrected chi connectivity index (χ2v) is 7.58. The van der Waals surface area contributed by atoms with Gasteiger partial charge in [0.1, 0.15) is 11.8 Å². The molecule has 22 heavy (non-hydrogen) atoms. The van der Waals surface area contributed by atoms with Gasteiger partial charge in [-0.3, -0.25) is 0 Å². The summed E-state index contributed by atoms with van der Waals surface area (Å²) in [6.45, 7) is 8.25. The molecule has 2 aromatic rings. The molecule has 0 spiro atoms. The molecule has 1 saturated heterocycles. The summed E-state index contributed by atoms with van der Waals surface area (Å²) in [7, 11) is 0. The molecule has 1 atom stereocenters. The lowest BCUT2D eigenvalue weighted by atomic mass is 9.64. The average molecular weight is 300 g/mol. The van der Waals surface area contributed by atoms with Crippen molar-refractivity contribution in [1.29, 1.82) is 0 Å². The van der Waals surface area contributed by atoms with Crippen LogP contribution in [0.3, 0.4) is 0 Å². The molecule has 2 N–H and O–H groups in total. The molecule has 0 aromatic carbocycles. The zero-order valence-corrected chi connectivity index (χ0v) is 13.4. The summed E-state index contributed by atoms with van der Waals surface area (Å²) in [6, 6.07) is 0.445. The van der Waals surface area contributed by atoms with Gasteiger partial charge in [0.2, 0.25) is 0 Å². The maximum Gasteiger partial charge on any atom is 0.165 e. The highest BCUT2D eigenvalue weighted by atomic mass is 15.2. The van der Waals surface area contributed by atoms with Gasteiger partial charge >= 0.3 is 0 Å². The number of nitrogens with two attached hydrogens (primary N) is 1. The monoisotopic (exact) mass is 300 g/mol. The highest BCUT2D eigenvalue weighted by molar-refractivity contribution is 5.81. The Morgan fingerprint density at radius 3 is 2.91 bits per heavy atom. The highest BCUT2D eigenvalue weighted by Gasteiger charge is 2.40. The molecule has 0 amide bonds. The zero-order chi connectivity index (χ0) is 15.3. The van der Waals surface area contributed by atoms with Crippen molar-refractivity contribution >= 4 is 17.0 Å². The van der Waals surface area contributed by atoms with E-state index in [0.717, 1.165) is 36.6 Å². The van der Waals surface area contributed by atoms with Crippen molar-refractivity contribution in [2.24, 2.45) is 11.3 Å². The van der Waals surface area contributed by atoms with Crippen LogP contribution in [0.25, 0.3) is 11.2 Å². The van der Waals surface area contributed by atoms with E-state index in [1.807, 2.05) is 6.33 Å². The lowest BCUT2D eigenvalue weighted by Gasteiger charge is -2.46. The van der Waals surface area contributed by atoms with E-state index in [2.05, 4.69) is 38.3 Å². The molecule has 3 heterocycles. The van der Waals surface area contributed by atoms with Gasteiger partial charge in [-0.25, -0.2) is 15.0 Å². The molecular weight excluding hydrogens is 276 g/mol. The Bertz CT molecular complexity index is 687. The fraction of sp³-hybridized carbons (Fsp3) is 0.688. The Hall–Kier alpha value is -1.69. The third-order valence-electron chi connectivity index (χ3n) is 5.32. The summed E-state index contributed by atoms with van der Waals surface area (Å²) in [5.74, 6) is 1.37. The summed E-state index contributed by atoms with van der Waals surface area (Å²) in [6.07, 6.45) is 7.29. The van der Waals surface area contributed by atoms with E-state index in [9.17, 15) is 0 Å². The van der Waals surface area contributed by atoms with Gasteiger partial charge in [-0.15, -0.1) is 0 Å². The maximum absolute atomic E-state index is 5.88. The van der Waals surface area contributed by atoms with Crippen LogP contribution in [-0.2, 0) is 0 Å². The second kappa shape index (κ2) is 4.91. The first-order valence-corrected chi connectivity index (χ1v) is 8.19. The number of nitrogen functional groups attached to an aromatic ring is 1. The standard InChI is InChI=1S/C16H24N6/c1-11-5-16(2,6-11)8-21-4-3-12(7-21)22-10-20-13-14(17)18-9-19-15(13)22/h9-12H,3-8H2,1-2H3,(H2,17,18,19). The third-order valence-corrected chi connectivity index (χ3v) is 5.32. The van der Waals surface area contributed by atoms with Crippen LogP contribution in [0.5, 0.6) is 0 Å². The Morgan fingerprint density at radius 1 is 1.32 bits per heavy atom. The van der Waals surface area contributed by atoms with E-state index in [4.69, 9.17) is 5.73 Å². The molecule has 1 saturated carbocycles. The molecule has 1 unspecified atom stereocenters. The minimum absolute atomic E-state index is 0.445. The molecule has 1 aliphatic carbocycles. The molecule has 2 fully saturated rings. The molecule has 0 bridgehead atoms. The van der Waals surface area contributed by atoms with Crippen LogP contribution in [0.4, 0.5) is 5.82 Å². The zero-order valence-electron chi connectivity index (χ0n) is 13.4. The van der Waals surface area contributed by atoms with Crippen molar-refractivity contribution in [3.8, 4) is 0 Å². The Labute approximate surface area is 130 Å². The number of fused-ring (bicyclic) bond motifs is 1. The number of anilines is 1. The fourth-order valence-corrected chi connectivity index (χ4v) is 4.61. The quantitative estimate of drug-likeness (QED) is 0.939. The first-order valence-electron chi connectivity index (χ1n) is 8.19. The second-order valence-electron chi connectivity index (χ2n) is 7.58. The Balaban J connectivity index is 1.49. The van der Waals surface area contributed by atoms with Crippen LogP contribution in [-0.4, -0.2) is 44.1 Å². The van der Waals surface area contributed by atoms with Crippen LogP contribution in [0, 0.1) is 11.3 Å². The summed E-state index contributed by atoms with van der Waals surface area (Å²) < 4.78 is 2.18. The van der Waals surface area contributed by atoms with Crippen LogP contribution in [0.2, 0.25) is 0 Å². The SMILES string of the molecule is CC1CC(C)(CN2CCC(n3cnc4c(N)ncnc43)C2)C1. The predicted octanol–water partition coefficient (Wildman–Crippen LogP) is 2.09. The van der Waals surface area contributed by atoms with E-state index >= 15 is 0 Å². The largest absolute Gasteiger partial charge is 0.382 e. The summed E-state index contributed by atoms with van der Waals surface area (Å²) >= 11 is 0. The first kappa shape index (κ1) is 13.9. The third kappa shape index (κ3) is 2.26. The van der Waals surface area contributed by atoms with Crippen molar-refractivity contribution in [3.63, 3.8) is 0 Å². The lowest BCUT2D eigenvalue weighted by Crippen LogP contribution is -2.43. The molecule has 0 radical (unpaired) electrons. The number of hydrogen-bond donors (Lipinski definition) is 1. The normalized spacial score (nSPS) is 32.5. The minimum atomic E-state index is 0.445. The molecule has 6 nitrogen and oxygen atoms in total. The highest BCUT2D eigenvalue weighted by Crippen LogP contribution is 2.46. The fourth-order valence-electron chi connectivity index (χ4n) is 4.61. The number of likely N-dealkylation sites (tertiary alicyclic amines) is 1. The van der Waals surface area contributed by atoms with Crippen molar-refractivity contribution in [1.82, 2.24) is 24.4 Å². The van der Waals surface area contributed by atoms with Gasteiger partial charge in [-0.1, -0.05) is 13.8 Å². The van der Waals surface area contributed by atoms with Gasteiger partial charge in [0.05, 0.1) is 12.4 Å². The molecule has 2 aliphatic rings. The number of rotatable bonds is 3. The van der Waals surface area contributed by atoms with Gasteiger partial charge in [-0.05, 0) is 30.6 Å². The summed E-state index contributed by atoms with van der Waals surface area (Å²) in [5, 5.41) is 0. The topological polar surface area (TPSA) is 72.9 Å². The molecule has 118 valence electrons. The molecular formula is C16H24N6. The van der Waals surface area contributed by atoms with E-state index < -0.39 is 0 Å². The van der Waals surface area contributed by atoms with Crippen LogP contribution < -0.4 is 5.73 Å². The molecule has 4 rings (SSSR count). The van der Waals surface area contributed by atoms with E-state index in [-0.39, 0.29) is 0 Å². The van der Waals surface area contributed by atoms with Crippen LogP contribution in [0.15, 0.2) is 12.7 Å². The number of imidazole rings is 1. The van der Waals surface area contributed by atoms with Gasteiger partial charge in [0.15, 0.2) is 11.5 Å². The van der Waals surface area contributed by atoms with Crippen molar-refractivity contribution in [3.05, 3.63) is 12.7 Å². The Kier molecular flexibility index (Phi) is 3.11. The van der Waals surface area contributed by atoms with Crippen LogP contribution >= 0.6 is 0 Å². The number of aromatic nitrogens is 4. The minimum Gasteiger partial charge on any atom is -0.382 e. The number of hydrogen-bond acceptors (Lipinski definition) is 5.